The first-order chi connectivity index (χ1) is 11.0. The summed E-state index contributed by atoms with van der Waals surface area (Å²) >= 11 is 0. The Labute approximate surface area is 137 Å². The van der Waals surface area contributed by atoms with E-state index in [-0.39, 0.29) is 18.2 Å². The van der Waals surface area contributed by atoms with Crippen molar-refractivity contribution in [1.82, 2.24) is 0 Å². The van der Waals surface area contributed by atoms with Crippen molar-refractivity contribution in [2.24, 2.45) is 5.92 Å². The van der Waals surface area contributed by atoms with Crippen molar-refractivity contribution in [2.75, 3.05) is 16.4 Å². The fourth-order valence-corrected chi connectivity index (χ4v) is 1.85. The van der Waals surface area contributed by atoms with Crippen LogP contribution in [-0.4, -0.2) is 11.8 Å². The highest BCUT2D eigenvalue weighted by atomic mass is 16.2. The van der Waals surface area contributed by atoms with Crippen molar-refractivity contribution >= 4 is 28.9 Å². The number of terminal acetylenes is 1. The van der Waals surface area contributed by atoms with Gasteiger partial charge in [0.1, 0.15) is 0 Å². The minimum Gasteiger partial charge on any atom is -0.397 e. The van der Waals surface area contributed by atoms with E-state index in [1.54, 1.807) is 18.2 Å². The first-order valence-corrected chi connectivity index (χ1v) is 7.51. The summed E-state index contributed by atoms with van der Waals surface area (Å²) in [5, 5.41) is 5.47. The van der Waals surface area contributed by atoms with E-state index in [9.17, 15) is 9.59 Å². The zero-order chi connectivity index (χ0) is 17.2. The average molecular weight is 313 g/mol. The van der Waals surface area contributed by atoms with Crippen LogP contribution in [0.4, 0.5) is 17.1 Å². The van der Waals surface area contributed by atoms with Gasteiger partial charge in [0.05, 0.1) is 11.4 Å². The van der Waals surface area contributed by atoms with E-state index in [1.807, 2.05) is 13.0 Å². The number of allylic oxidation sites excluding steroid dienone is 1. The lowest BCUT2D eigenvalue weighted by molar-refractivity contribution is -0.117. The smallest absolute Gasteiger partial charge is 0.225 e. The number of nitrogen functional groups attached to an aromatic ring is 1. The highest BCUT2D eigenvalue weighted by Crippen LogP contribution is 2.23. The molecule has 0 saturated carbocycles. The summed E-state index contributed by atoms with van der Waals surface area (Å²) in [6.45, 7) is 5.70. The van der Waals surface area contributed by atoms with Gasteiger partial charge in [-0.3, -0.25) is 9.59 Å². The molecule has 0 heterocycles. The normalized spacial score (nSPS) is 11.1. The molecular formula is C18H23N3O2. The molecule has 1 unspecified atom stereocenters. The molecule has 1 aromatic carbocycles. The maximum absolute atomic E-state index is 11.9. The number of hydrogen-bond donors (Lipinski definition) is 3. The Morgan fingerprint density at radius 1 is 1.35 bits per heavy atom. The average Bonchev–Trinajstić information content (AvgIpc) is 2.53. The molecule has 0 radical (unpaired) electrons. The molecule has 0 aliphatic rings. The maximum Gasteiger partial charge on any atom is 0.225 e. The number of nitrogens with two attached hydrogens (primary N) is 1. The van der Waals surface area contributed by atoms with E-state index in [0.717, 1.165) is 6.42 Å². The molecule has 0 spiro atoms. The van der Waals surface area contributed by atoms with Crippen LogP contribution in [0, 0.1) is 18.3 Å². The number of anilines is 3. The van der Waals surface area contributed by atoms with Crippen molar-refractivity contribution in [3.05, 3.63) is 30.9 Å². The Balaban J connectivity index is 2.58. The minimum absolute atomic E-state index is 0.0797. The van der Waals surface area contributed by atoms with Crippen LogP contribution < -0.4 is 16.4 Å². The second-order valence-corrected chi connectivity index (χ2v) is 5.35. The molecule has 0 aliphatic carbocycles. The van der Waals surface area contributed by atoms with Gasteiger partial charge in [-0.25, -0.2) is 0 Å². The molecule has 0 fully saturated rings. The molecule has 1 rings (SSSR count). The molecule has 2 amide bonds. The molecule has 0 bridgehead atoms. The van der Waals surface area contributed by atoms with E-state index in [1.165, 1.54) is 0 Å². The van der Waals surface area contributed by atoms with E-state index < -0.39 is 0 Å². The first kappa shape index (κ1) is 18.3. The van der Waals surface area contributed by atoms with Crippen LogP contribution in [-0.2, 0) is 9.59 Å². The number of benzene rings is 1. The molecule has 122 valence electrons. The fraction of sp³-hybridized carbons (Fsp3) is 0.333. The fourth-order valence-electron chi connectivity index (χ4n) is 1.85. The number of hydrogen-bond acceptors (Lipinski definition) is 3. The molecule has 0 aromatic heterocycles. The van der Waals surface area contributed by atoms with Gasteiger partial charge < -0.3 is 16.4 Å². The monoisotopic (exact) mass is 313 g/mol. The van der Waals surface area contributed by atoms with Crippen LogP contribution in [0.25, 0.3) is 0 Å². The quantitative estimate of drug-likeness (QED) is 0.391. The predicted molar refractivity (Wildman–Crippen MR) is 94.8 cm³/mol. The molecule has 1 aromatic rings. The predicted octanol–water partition coefficient (Wildman–Crippen LogP) is 3.16. The summed E-state index contributed by atoms with van der Waals surface area (Å²) in [7, 11) is 0. The van der Waals surface area contributed by atoms with Crippen molar-refractivity contribution in [3.8, 4) is 12.3 Å². The van der Waals surface area contributed by atoms with E-state index in [0.29, 0.717) is 35.8 Å². The molecule has 23 heavy (non-hydrogen) atoms. The summed E-state index contributed by atoms with van der Waals surface area (Å²) in [5.41, 5.74) is 7.39. The Kier molecular flexibility index (Phi) is 7.41. The second kappa shape index (κ2) is 9.31. The molecule has 1 atom stereocenters. The number of nitrogens with one attached hydrogen (secondary N) is 2. The van der Waals surface area contributed by atoms with Crippen molar-refractivity contribution in [3.63, 3.8) is 0 Å². The third kappa shape index (κ3) is 6.70. The Hall–Kier alpha value is -2.74. The van der Waals surface area contributed by atoms with Gasteiger partial charge in [-0.15, -0.1) is 18.9 Å². The van der Waals surface area contributed by atoms with Crippen LogP contribution in [0.3, 0.4) is 0 Å². The molecule has 0 saturated heterocycles. The number of carbonyl (C=O) groups excluding carboxylic acids is 2. The standard InChI is InChI=1S/C18H23N3O2/c1-4-6-7-17(22)21-16-10-9-14(12-15(16)19)20-18(23)11-8-13(3)5-2/h1,5,9-10,12-13H,2,6-8,11,19H2,3H3,(H,20,23)(H,21,22). The molecule has 0 aliphatic heterocycles. The summed E-state index contributed by atoms with van der Waals surface area (Å²) in [6.07, 6.45) is 8.72. The van der Waals surface area contributed by atoms with Gasteiger partial charge in [-0.05, 0) is 30.5 Å². The van der Waals surface area contributed by atoms with Crippen LogP contribution in [0.5, 0.6) is 0 Å². The topological polar surface area (TPSA) is 84.2 Å². The first-order valence-electron chi connectivity index (χ1n) is 7.51. The number of amides is 2. The van der Waals surface area contributed by atoms with Crippen molar-refractivity contribution in [1.29, 1.82) is 0 Å². The highest BCUT2D eigenvalue weighted by Gasteiger charge is 2.08. The highest BCUT2D eigenvalue weighted by molar-refractivity contribution is 5.96. The molecule has 5 nitrogen and oxygen atoms in total. The lowest BCUT2D eigenvalue weighted by atomic mass is 10.1. The van der Waals surface area contributed by atoms with E-state index >= 15 is 0 Å². The SMILES string of the molecule is C#CCCC(=O)Nc1ccc(NC(=O)CCC(C)C=C)cc1N. The summed E-state index contributed by atoms with van der Waals surface area (Å²) in [4.78, 5) is 23.5. The number of rotatable bonds is 8. The third-order valence-electron chi connectivity index (χ3n) is 3.33. The van der Waals surface area contributed by atoms with Gasteiger partial charge in [0.15, 0.2) is 0 Å². The Morgan fingerprint density at radius 2 is 2.04 bits per heavy atom. The van der Waals surface area contributed by atoms with Gasteiger partial charge in [0, 0.05) is 24.9 Å². The van der Waals surface area contributed by atoms with Gasteiger partial charge >= 0.3 is 0 Å². The van der Waals surface area contributed by atoms with Gasteiger partial charge in [0.25, 0.3) is 0 Å². The van der Waals surface area contributed by atoms with E-state index in [4.69, 9.17) is 12.2 Å². The van der Waals surface area contributed by atoms with Crippen LogP contribution in [0.2, 0.25) is 0 Å². The molecule has 4 N–H and O–H groups in total. The van der Waals surface area contributed by atoms with Crippen LogP contribution in [0.15, 0.2) is 30.9 Å². The van der Waals surface area contributed by atoms with Gasteiger partial charge in [-0.1, -0.05) is 13.0 Å². The van der Waals surface area contributed by atoms with Crippen molar-refractivity contribution < 1.29 is 9.59 Å². The summed E-state index contributed by atoms with van der Waals surface area (Å²) in [6, 6.07) is 4.97. The minimum atomic E-state index is -0.190. The zero-order valence-electron chi connectivity index (χ0n) is 13.4. The lowest BCUT2D eigenvalue weighted by Crippen LogP contribution is -2.14. The van der Waals surface area contributed by atoms with Gasteiger partial charge in [-0.2, -0.15) is 0 Å². The second-order valence-electron chi connectivity index (χ2n) is 5.35. The Bertz CT molecular complexity index is 617. The summed E-state index contributed by atoms with van der Waals surface area (Å²) in [5.74, 6) is 2.44. The molecule has 5 heteroatoms. The zero-order valence-corrected chi connectivity index (χ0v) is 13.4. The molecular weight excluding hydrogens is 290 g/mol. The Morgan fingerprint density at radius 3 is 2.65 bits per heavy atom. The van der Waals surface area contributed by atoms with Gasteiger partial charge in [0.2, 0.25) is 11.8 Å². The largest absolute Gasteiger partial charge is 0.397 e. The van der Waals surface area contributed by atoms with Crippen LogP contribution in [0.1, 0.15) is 32.6 Å². The van der Waals surface area contributed by atoms with E-state index in [2.05, 4.69) is 23.1 Å². The number of carbonyl (C=O) groups is 2. The maximum atomic E-state index is 11.9. The third-order valence-corrected chi connectivity index (χ3v) is 3.33. The summed E-state index contributed by atoms with van der Waals surface area (Å²) < 4.78 is 0. The van der Waals surface area contributed by atoms with Crippen LogP contribution >= 0.6 is 0 Å². The van der Waals surface area contributed by atoms with Crippen molar-refractivity contribution in [2.45, 2.75) is 32.6 Å². The lowest BCUT2D eigenvalue weighted by Gasteiger charge is -2.11.